The predicted octanol–water partition coefficient (Wildman–Crippen LogP) is 0.0594. The number of aryl methyl sites for hydroxylation is 2. The van der Waals surface area contributed by atoms with E-state index in [1.165, 1.54) is 0 Å². The molecule has 1 aliphatic rings. The number of likely N-dealkylation sites (N-methyl/N-ethyl adjacent to an activating group) is 1. The second kappa shape index (κ2) is 7.85. The Morgan fingerprint density at radius 3 is 2.40 bits per heavy atom. The lowest BCUT2D eigenvalue weighted by atomic mass is 10.2. The third-order valence-corrected chi connectivity index (χ3v) is 7.00. The molecular weight excluding hydrogens is 338 g/mol. The molecule has 1 heterocycles. The SMILES string of the molecule is Cc1ccc(C)c(S(=O)(=O)N2CC[NH+](CC(=O)N(C)C(C)C)CC2)c1. The monoisotopic (exact) mass is 368 g/mol. The molecule has 1 saturated heterocycles. The van der Waals surface area contributed by atoms with Crippen LogP contribution in [0.2, 0.25) is 0 Å². The van der Waals surface area contributed by atoms with Crippen LogP contribution in [0.4, 0.5) is 0 Å². The van der Waals surface area contributed by atoms with Crippen molar-refractivity contribution in [3.05, 3.63) is 29.3 Å². The molecule has 1 fully saturated rings. The molecule has 0 unspecified atom stereocenters. The maximum absolute atomic E-state index is 12.9. The zero-order valence-corrected chi connectivity index (χ0v) is 16.7. The number of benzene rings is 1. The Balaban J connectivity index is 2.02. The molecule has 1 aromatic rings. The van der Waals surface area contributed by atoms with E-state index < -0.39 is 10.0 Å². The van der Waals surface area contributed by atoms with E-state index in [4.69, 9.17) is 0 Å². The molecule has 7 heteroatoms. The molecule has 0 aromatic heterocycles. The first kappa shape index (κ1) is 19.9. The lowest BCUT2D eigenvalue weighted by molar-refractivity contribution is -0.896. The fourth-order valence-electron chi connectivity index (χ4n) is 2.97. The minimum Gasteiger partial charge on any atom is -0.338 e. The van der Waals surface area contributed by atoms with E-state index in [1.54, 1.807) is 15.3 Å². The molecule has 0 aliphatic carbocycles. The summed E-state index contributed by atoms with van der Waals surface area (Å²) in [4.78, 5) is 15.5. The van der Waals surface area contributed by atoms with E-state index in [1.807, 2.05) is 46.9 Å². The van der Waals surface area contributed by atoms with E-state index in [0.29, 0.717) is 37.6 Å². The summed E-state index contributed by atoms with van der Waals surface area (Å²) < 4.78 is 27.4. The summed E-state index contributed by atoms with van der Waals surface area (Å²) in [5.41, 5.74) is 1.71. The van der Waals surface area contributed by atoms with Crippen LogP contribution < -0.4 is 4.90 Å². The molecule has 0 saturated carbocycles. The summed E-state index contributed by atoms with van der Waals surface area (Å²) in [6.07, 6.45) is 0. The number of hydrogen-bond donors (Lipinski definition) is 1. The second-order valence-corrected chi connectivity index (χ2v) is 9.10. The molecule has 25 heavy (non-hydrogen) atoms. The number of carbonyl (C=O) groups excluding carboxylic acids is 1. The summed E-state index contributed by atoms with van der Waals surface area (Å²) in [7, 11) is -1.66. The number of sulfonamides is 1. The van der Waals surface area contributed by atoms with Crippen molar-refractivity contribution in [2.45, 2.75) is 38.6 Å². The first-order chi connectivity index (χ1) is 11.6. The normalized spacial score (nSPS) is 17.0. The van der Waals surface area contributed by atoms with E-state index >= 15 is 0 Å². The zero-order chi connectivity index (χ0) is 18.8. The van der Waals surface area contributed by atoms with Crippen LogP contribution in [-0.4, -0.2) is 69.3 Å². The van der Waals surface area contributed by atoms with Crippen molar-refractivity contribution >= 4 is 15.9 Å². The molecule has 0 spiro atoms. The van der Waals surface area contributed by atoms with Crippen LogP contribution in [0, 0.1) is 13.8 Å². The van der Waals surface area contributed by atoms with Gasteiger partial charge in [-0.3, -0.25) is 4.79 Å². The van der Waals surface area contributed by atoms with Crippen molar-refractivity contribution in [3.8, 4) is 0 Å². The van der Waals surface area contributed by atoms with Gasteiger partial charge in [0.1, 0.15) is 0 Å². The number of piperazine rings is 1. The largest absolute Gasteiger partial charge is 0.338 e. The average Bonchev–Trinajstić information content (AvgIpc) is 2.56. The molecule has 0 atom stereocenters. The number of carbonyl (C=O) groups is 1. The highest BCUT2D eigenvalue weighted by Gasteiger charge is 2.32. The summed E-state index contributed by atoms with van der Waals surface area (Å²) in [5.74, 6) is 0.107. The maximum atomic E-state index is 12.9. The van der Waals surface area contributed by atoms with Crippen molar-refractivity contribution in [2.24, 2.45) is 0 Å². The lowest BCUT2D eigenvalue weighted by Crippen LogP contribution is -3.15. The Bertz CT molecular complexity index is 723. The minimum absolute atomic E-state index is 0.107. The Hall–Kier alpha value is -1.44. The topological polar surface area (TPSA) is 62.1 Å². The number of amides is 1. The highest BCUT2D eigenvalue weighted by atomic mass is 32.2. The predicted molar refractivity (Wildman–Crippen MR) is 98.1 cm³/mol. The molecule has 2 rings (SSSR count). The summed E-state index contributed by atoms with van der Waals surface area (Å²) in [6.45, 7) is 10.3. The van der Waals surface area contributed by atoms with Gasteiger partial charge in [-0.1, -0.05) is 12.1 Å². The van der Waals surface area contributed by atoms with Gasteiger partial charge >= 0.3 is 0 Å². The molecule has 1 aromatic carbocycles. The summed E-state index contributed by atoms with van der Waals surface area (Å²) in [6, 6.07) is 5.69. The smallest absolute Gasteiger partial charge is 0.277 e. The molecule has 0 radical (unpaired) electrons. The van der Waals surface area contributed by atoms with Gasteiger partial charge in [0.2, 0.25) is 10.0 Å². The standard InChI is InChI=1S/C18H29N3O3S/c1-14(2)19(5)18(22)13-20-8-10-21(11-9-20)25(23,24)17-12-15(3)6-7-16(17)4/h6-7,12,14H,8-11,13H2,1-5H3/p+1. The number of rotatable bonds is 5. The average molecular weight is 369 g/mol. The molecule has 1 N–H and O–H groups in total. The first-order valence-electron chi connectivity index (χ1n) is 8.79. The second-order valence-electron chi connectivity index (χ2n) is 7.20. The Kier molecular flexibility index (Phi) is 6.24. The first-order valence-corrected chi connectivity index (χ1v) is 10.2. The van der Waals surface area contributed by atoms with Gasteiger partial charge in [0, 0.05) is 13.1 Å². The van der Waals surface area contributed by atoms with E-state index in [0.717, 1.165) is 16.0 Å². The van der Waals surface area contributed by atoms with Crippen LogP contribution in [0.1, 0.15) is 25.0 Å². The molecule has 0 bridgehead atoms. The maximum Gasteiger partial charge on any atom is 0.277 e. The van der Waals surface area contributed by atoms with Gasteiger partial charge in [-0.2, -0.15) is 4.31 Å². The molecule has 1 aliphatic heterocycles. The number of quaternary nitrogens is 1. The Morgan fingerprint density at radius 1 is 1.24 bits per heavy atom. The number of nitrogens with zero attached hydrogens (tertiary/aromatic N) is 2. The third-order valence-electron chi connectivity index (χ3n) is 4.96. The Morgan fingerprint density at radius 2 is 1.84 bits per heavy atom. The van der Waals surface area contributed by atoms with Crippen molar-refractivity contribution < 1.29 is 18.1 Å². The van der Waals surface area contributed by atoms with Gasteiger partial charge in [0.15, 0.2) is 6.54 Å². The van der Waals surface area contributed by atoms with Crippen LogP contribution in [-0.2, 0) is 14.8 Å². The van der Waals surface area contributed by atoms with Gasteiger partial charge < -0.3 is 9.80 Å². The lowest BCUT2D eigenvalue weighted by Gasteiger charge is -2.32. The van der Waals surface area contributed by atoms with E-state index in [9.17, 15) is 13.2 Å². The van der Waals surface area contributed by atoms with Crippen LogP contribution in [0.5, 0.6) is 0 Å². The van der Waals surface area contributed by atoms with Gasteiger partial charge in [0.25, 0.3) is 5.91 Å². The molecule has 6 nitrogen and oxygen atoms in total. The minimum atomic E-state index is -3.47. The van der Waals surface area contributed by atoms with Gasteiger partial charge in [-0.05, 0) is 44.9 Å². The van der Waals surface area contributed by atoms with Crippen molar-refractivity contribution in [1.29, 1.82) is 0 Å². The Labute approximate surface area is 151 Å². The van der Waals surface area contributed by atoms with Crippen LogP contribution in [0.3, 0.4) is 0 Å². The molecular formula is C18H30N3O3S+. The van der Waals surface area contributed by atoms with E-state index in [2.05, 4.69) is 0 Å². The summed E-state index contributed by atoms with van der Waals surface area (Å²) in [5, 5.41) is 0. The third kappa shape index (κ3) is 4.59. The van der Waals surface area contributed by atoms with Crippen molar-refractivity contribution in [1.82, 2.24) is 9.21 Å². The van der Waals surface area contributed by atoms with Gasteiger partial charge in [-0.15, -0.1) is 0 Å². The van der Waals surface area contributed by atoms with Crippen LogP contribution in [0.15, 0.2) is 23.1 Å². The van der Waals surface area contributed by atoms with E-state index in [-0.39, 0.29) is 11.9 Å². The highest BCUT2D eigenvalue weighted by molar-refractivity contribution is 7.89. The van der Waals surface area contributed by atoms with Crippen LogP contribution in [0.25, 0.3) is 0 Å². The zero-order valence-electron chi connectivity index (χ0n) is 15.9. The molecule has 140 valence electrons. The fourth-order valence-corrected chi connectivity index (χ4v) is 4.72. The van der Waals surface area contributed by atoms with Gasteiger partial charge in [0.05, 0.1) is 31.1 Å². The quantitative estimate of drug-likeness (QED) is 0.799. The van der Waals surface area contributed by atoms with Crippen LogP contribution >= 0.6 is 0 Å². The summed E-state index contributed by atoms with van der Waals surface area (Å²) >= 11 is 0. The van der Waals surface area contributed by atoms with Crippen molar-refractivity contribution in [3.63, 3.8) is 0 Å². The molecule has 1 amide bonds. The number of nitrogens with one attached hydrogen (secondary N) is 1. The van der Waals surface area contributed by atoms with Gasteiger partial charge in [-0.25, -0.2) is 8.42 Å². The highest BCUT2D eigenvalue weighted by Crippen LogP contribution is 2.21. The van der Waals surface area contributed by atoms with Crippen molar-refractivity contribution in [2.75, 3.05) is 39.8 Å². The number of hydrogen-bond acceptors (Lipinski definition) is 3. The fraction of sp³-hybridized carbons (Fsp3) is 0.611.